The van der Waals surface area contributed by atoms with Gasteiger partial charge in [0.25, 0.3) is 5.91 Å². The van der Waals surface area contributed by atoms with Crippen molar-refractivity contribution in [2.75, 3.05) is 19.0 Å². The Bertz CT molecular complexity index is 923. The number of benzene rings is 1. The fraction of sp³-hybridized carbons (Fsp3) is 0.222. The first-order valence-corrected chi connectivity index (χ1v) is 7.96. The monoisotopic (exact) mass is 353 g/mol. The summed E-state index contributed by atoms with van der Waals surface area (Å²) in [4.78, 5) is 24.6. The average Bonchev–Trinajstić information content (AvgIpc) is 3.06. The van der Waals surface area contributed by atoms with Gasteiger partial charge in [0.05, 0.1) is 7.11 Å². The van der Waals surface area contributed by atoms with E-state index in [2.05, 4.69) is 20.3 Å². The van der Waals surface area contributed by atoms with Gasteiger partial charge < -0.3 is 14.8 Å². The summed E-state index contributed by atoms with van der Waals surface area (Å²) < 4.78 is 12.6. The number of amides is 1. The third-order valence-corrected chi connectivity index (χ3v) is 3.67. The van der Waals surface area contributed by atoms with Gasteiger partial charge in [0.1, 0.15) is 23.8 Å². The number of carbonyl (C=O) groups is 1. The third-order valence-electron chi connectivity index (χ3n) is 3.67. The molecule has 0 aliphatic carbocycles. The van der Waals surface area contributed by atoms with Crippen molar-refractivity contribution in [3.8, 4) is 17.3 Å². The van der Waals surface area contributed by atoms with Gasteiger partial charge in [0.2, 0.25) is 0 Å². The van der Waals surface area contributed by atoms with E-state index in [1.54, 1.807) is 36.2 Å². The predicted molar refractivity (Wildman–Crippen MR) is 95.7 cm³/mol. The van der Waals surface area contributed by atoms with Crippen LogP contribution >= 0.6 is 0 Å². The lowest BCUT2D eigenvalue weighted by Gasteiger charge is -2.11. The summed E-state index contributed by atoms with van der Waals surface area (Å²) in [6, 6.07) is 7.17. The Morgan fingerprint density at radius 2 is 2.00 bits per heavy atom. The van der Waals surface area contributed by atoms with Gasteiger partial charge >= 0.3 is 0 Å². The van der Waals surface area contributed by atoms with E-state index in [4.69, 9.17) is 9.47 Å². The van der Waals surface area contributed by atoms with Gasteiger partial charge in [-0.2, -0.15) is 0 Å². The van der Waals surface area contributed by atoms with Gasteiger partial charge in [-0.3, -0.25) is 9.36 Å². The number of nitrogens with zero attached hydrogens (tertiary/aromatic N) is 4. The molecule has 0 fully saturated rings. The van der Waals surface area contributed by atoms with E-state index in [0.717, 1.165) is 11.4 Å². The van der Waals surface area contributed by atoms with Crippen molar-refractivity contribution in [2.45, 2.75) is 13.8 Å². The Balaban J connectivity index is 1.65. The number of hydrogen-bond donors (Lipinski definition) is 1. The van der Waals surface area contributed by atoms with Gasteiger partial charge in [0.15, 0.2) is 18.1 Å². The molecule has 0 spiro atoms. The maximum Gasteiger partial charge on any atom is 0.263 e. The zero-order chi connectivity index (χ0) is 18.5. The molecule has 2 heterocycles. The van der Waals surface area contributed by atoms with Crippen molar-refractivity contribution >= 4 is 11.7 Å². The SMILES string of the molecule is COc1cc(C)ccc1OCC(=O)Nc1cc(-n2ccnc2C)ncn1. The molecule has 3 aromatic rings. The lowest BCUT2D eigenvalue weighted by atomic mass is 10.2. The number of nitrogens with one attached hydrogen (secondary N) is 1. The molecule has 0 bridgehead atoms. The minimum Gasteiger partial charge on any atom is -0.493 e. The summed E-state index contributed by atoms with van der Waals surface area (Å²) >= 11 is 0. The topological polar surface area (TPSA) is 91.2 Å². The van der Waals surface area contributed by atoms with Crippen molar-refractivity contribution in [3.05, 3.63) is 54.4 Å². The number of carbonyl (C=O) groups excluding carboxylic acids is 1. The normalized spacial score (nSPS) is 10.4. The van der Waals surface area contributed by atoms with E-state index in [-0.39, 0.29) is 12.5 Å². The molecule has 2 aromatic heterocycles. The molecule has 0 atom stereocenters. The summed E-state index contributed by atoms with van der Waals surface area (Å²) in [7, 11) is 1.56. The van der Waals surface area contributed by atoms with Gasteiger partial charge in [-0.25, -0.2) is 15.0 Å². The van der Waals surface area contributed by atoms with Crippen molar-refractivity contribution in [3.63, 3.8) is 0 Å². The fourth-order valence-electron chi connectivity index (χ4n) is 2.38. The van der Waals surface area contributed by atoms with Crippen molar-refractivity contribution in [1.29, 1.82) is 0 Å². The number of anilines is 1. The highest BCUT2D eigenvalue weighted by Crippen LogP contribution is 2.27. The van der Waals surface area contributed by atoms with Crippen LogP contribution in [0.5, 0.6) is 11.5 Å². The van der Waals surface area contributed by atoms with Crippen LogP contribution in [0.25, 0.3) is 5.82 Å². The van der Waals surface area contributed by atoms with Gasteiger partial charge in [0, 0.05) is 18.5 Å². The number of rotatable bonds is 6. The molecule has 26 heavy (non-hydrogen) atoms. The van der Waals surface area contributed by atoms with E-state index in [1.807, 2.05) is 26.0 Å². The number of methoxy groups -OCH3 is 1. The molecule has 1 amide bonds. The number of ether oxygens (including phenoxy) is 2. The second kappa shape index (κ2) is 7.64. The number of aromatic nitrogens is 4. The maximum absolute atomic E-state index is 12.2. The second-order valence-corrected chi connectivity index (χ2v) is 5.60. The molecule has 0 radical (unpaired) electrons. The summed E-state index contributed by atoms with van der Waals surface area (Å²) in [6.07, 6.45) is 4.85. The average molecular weight is 353 g/mol. The Labute approximate surface area is 150 Å². The minimum atomic E-state index is -0.334. The van der Waals surface area contributed by atoms with Crippen LogP contribution < -0.4 is 14.8 Å². The summed E-state index contributed by atoms with van der Waals surface area (Å²) in [5.41, 5.74) is 1.04. The predicted octanol–water partition coefficient (Wildman–Crippen LogP) is 2.31. The highest BCUT2D eigenvalue weighted by atomic mass is 16.5. The molecule has 0 saturated heterocycles. The number of imidazole rings is 1. The van der Waals surface area contributed by atoms with Crippen LogP contribution in [-0.2, 0) is 4.79 Å². The van der Waals surface area contributed by atoms with Crippen LogP contribution in [0, 0.1) is 13.8 Å². The Hall–Kier alpha value is -3.42. The second-order valence-electron chi connectivity index (χ2n) is 5.60. The molecule has 3 rings (SSSR count). The van der Waals surface area contributed by atoms with E-state index in [1.165, 1.54) is 6.33 Å². The van der Waals surface area contributed by atoms with Gasteiger partial charge in [-0.1, -0.05) is 6.07 Å². The molecule has 8 heteroatoms. The number of hydrogen-bond acceptors (Lipinski definition) is 6. The molecule has 1 aromatic carbocycles. The highest BCUT2D eigenvalue weighted by Gasteiger charge is 2.10. The van der Waals surface area contributed by atoms with Crippen LogP contribution in [0.1, 0.15) is 11.4 Å². The Morgan fingerprint density at radius 1 is 1.15 bits per heavy atom. The summed E-state index contributed by atoms with van der Waals surface area (Å²) in [6.45, 7) is 3.65. The van der Waals surface area contributed by atoms with Crippen LogP contribution in [-0.4, -0.2) is 39.1 Å². The maximum atomic E-state index is 12.2. The lowest BCUT2D eigenvalue weighted by Crippen LogP contribution is -2.21. The molecule has 0 unspecified atom stereocenters. The minimum absolute atomic E-state index is 0.164. The number of aryl methyl sites for hydroxylation is 2. The van der Waals surface area contributed by atoms with E-state index >= 15 is 0 Å². The summed E-state index contributed by atoms with van der Waals surface area (Å²) in [5.74, 6) is 2.54. The standard InChI is InChI=1S/C18H19N5O3/c1-12-4-5-14(15(8-12)25-3)26-10-18(24)22-16-9-17(21-11-20-16)23-7-6-19-13(23)2/h4-9,11H,10H2,1-3H3,(H,20,21,22,24). The van der Waals surface area contributed by atoms with Crippen LogP contribution in [0.4, 0.5) is 5.82 Å². The molecular formula is C18H19N5O3. The zero-order valence-corrected chi connectivity index (χ0v) is 14.8. The van der Waals surface area contributed by atoms with Crippen LogP contribution in [0.3, 0.4) is 0 Å². The molecule has 8 nitrogen and oxygen atoms in total. The molecule has 0 saturated carbocycles. The van der Waals surface area contributed by atoms with Crippen LogP contribution in [0.15, 0.2) is 43.0 Å². The van der Waals surface area contributed by atoms with E-state index < -0.39 is 0 Å². The smallest absolute Gasteiger partial charge is 0.263 e. The first-order valence-electron chi connectivity index (χ1n) is 7.96. The Kier molecular flexibility index (Phi) is 5.12. The molecular weight excluding hydrogens is 334 g/mol. The molecule has 0 aliphatic heterocycles. The molecule has 134 valence electrons. The molecule has 1 N–H and O–H groups in total. The van der Waals surface area contributed by atoms with E-state index in [9.17, 15) is 4.79 Å². The van der Waals surface area contributed by atoms with Crippen molar-refractivity contribution in [1.82, 2.24) is 19.5 Å². The first-order chi connectivity index (χ1) is 12.6. The lowest BCUT2D eigenvalue weighted by molar-refractivity contribution is -0.118. The van der Waals surface area contributed by atoms with Gasteiger partial charge in [-0.05, 0) is 31.5 Å². The quantitative estimate of drug-likeness (QED) is 0.731. The summed E-state index contributed by atoms with van der Waals surface area (Å²) in [5, 5.41) is 2.69. The largest absolute Gasteiger partial charge is 0.493 e. The Morgan fingerprint density at radius 3 is 2.73 bits per heavy atom. The third kappa shape index (κ3) is 3.97. The highest BCUT2D eigenvalue weighted by molar-refractivity contribution is 5.91. The van der Waals surface area contributed by atoms with Crippen molar-refractivity contribution < 1.29 is 14.3 Å². The van der Waals surface area contributed by atoms with Gasteiger partial charge in [-0.15, -0.1) is 0 Å². The van der Waals surface area contributed by atoms with Crippen molar-refractivity contribution in [2.24, 2.45) is 0 Å². The van der Waals surface area contributed by atoms with Crippen LogP contribution in [0.2, 0.25) is 0 Å². The van der Waals surface area contributed by atoms with E-state index in [0.29, 0.717) is 23.1 Å². The molecule has 0 aliphatic rings. The zero-order valence-electron chi connectivity index (χ0n) is 14.8. The first kappa shape index (κ1) is 17.4. The fourth-order valence-corrected chi connectivity index (χ4v) is 2.38.